The van der Waals surface area contributed by atoms with Gasteiger partial charge in [-0.3, -0.25) is 0 Å². The van der Waals surface area contributed by atoms with Gasteiger partial charge in [0.1, 0.15) is 5.75 Å². The second-order valence-electron chi connectivity index (χ2n) is 3.82. The number of benzene rings is 1. The van der Waals surface area contributed by atoms with Crippen molar-refractivity contribution in [2.24, 2.45) is 0 Å². The van der Waals surface area contributed by atoms with Gasteiger partial charge in [-0.05, 0) is 35.9 Å². The van der Waals surface area contributed by atoms with Crippen LogP contribution < -0.4 is 10.1 Å². The predicted octanol–water partition coefficient (Wildman–Crippen LogP) is 3.06. The van der Waals surface area contributed by atoms with E-state index in [1.807, 2.05) is 12.1 Å². The van der Waals surface area contributed by atoms with Crippen molar-refractivity contribution in [1.29, 1.82) is 0 Å². The molecular formula is C14H17NO2. The highest BCUT2D eigenvalue weighted by molar-refractivity contribution is 5.67. The molecular weight excluding hydrogens is 214 g/mol. The van der Waals surface area contributed by atoms with Gasteiger partial charge in [0.2, 0.25) is 0 Å². The molecule has 1 aromatic heterocycles. The first kappa shape index (κ1) is 11.7. The van der Waals surface area contributed by atoms with Gasteiger partial charge in [-0.15, -0.1) is 0 Å². The van der Waals surface area contributed by atoms with Crippen LogP contribution in [-0.4, -0.2) is 13.7 Å². The maximum absolute atomic E-state index is 5.26. The Balaban J connectivity index is 2.36. The van der Waals surface area contributed by atoms with E-state index in [1.165, 1.54) is 11.1 Å². The maximum Gasteiger partial charge on any atom is 0.119 e. The molecule has 0 saturated heterocycles. The Morgan fingerprint density at radius 3 is 2.82 bits per heavy atom. The van der Waals surface area contributed by atoms with Crippen LogP contribution >= 0.6 is 0 Å². The van der Waals surface area contributed by atoms with E-state index in [0.717, 1.165) is 24.4 Å². The largest absolute Gasteiger partial charge is 0.497 e. The van der Waals surface area contributed by atoms with Gasteiger partial charge < -0.3 is 14.5 Å². The third-order valence-electron chi connectivity index (χ3n) is 2.71. The molecule has 0 aliphatic rings. The number of furan rings is 1. The molecule has 17 heavy (non-hydrogen) atoms. The van der Waals surface area contributed by atoms with Gasteiger partial charge in [-0.1, -0.05) is 13.0 Å². The summed E-state index contributed by atoms with van der Waals surface area (Å²) in [7, 11) is 1.68. The van der Waals surface area contributed by atoms with Crippen molar-refractivity contribution in [3.05, 3.63) is 42.4 Å². The van der Waals surface area contributed by atoms with Crippen LogP contribution in [0.5, 0.6) is 5.75 Å². The van der Waals surface area contributed by atoms with Gasteiger partial charge in [0, 0.05) is 12.1 Å². The van der Waals surface area contributed by atoms with Crippen molar-refractivity contribution < 1.29 is 9.15 Å². The van der Waals surface area contributed by atoms with Crippen molar-refractivity contribution in [3.8, 4) is 16.9 Å². The Morgan fingerprint density at radius 1 is 1.29 bits per heavy atom. The summed E-state index contributed by atoms with van der Waals surface area (Å²) in [5.74, 6) is 0.880. The summed E-state index contributed by atoms with van der Waals surface area (Å²) in [5.41, 5.74) is 3.49. The van der Waals surface area contributed by atoms with Gasteiger partial charge in [0.05, 0.1) is 19.6 Å². The van der Waals surface area contributed by atoms with Crippen LogP contribution in [0.4, 0.5) is 0 Å². The fourth-order valence-electron chi connectivity index (χ4n) is 1.80. The number of hydrogen-bond acceptors (Lipinski definition) is 3. The number of ether oxygens (including phenoxy) is 1. The molecule has 1 aromatic carbocycles. The van der Waals surface area contributed by atoms with Gasteiger partial charge in [0.25, 0.3) is 0 Å². The van der Waals surface area contributed by atoms with Gasteiger partial charge in [-0.2, -0.15) is 0 Å². The summed E-state index contributed by atoms with van der Waals surface area (Å²) in [6, 6.07) is 8.07. The van der Waals surface area contributed by atoms with Crippen molar-refractivity contribution in [1.82, 2.24) is 5.32 Å². The van der Waals surface area contributed by atoms with Crippen LogP contribution in [0.3, 0.4) is 0 Å². The second kappa shape index (κ2) is 5.55. The zero-order valence-electron chi connectivity index (χ0n) is 10.2. The molecule has 0 fully saturated rings. The van der Waals surface area contributed by atoms with Crippen LogP contribution in [0.2, 0.25) is 0 Å². The highest BCUT2D eigenvalue weighted by Gasteiger charge is 2.07. The van der Waals surface area contributed by atoms with Crippen LogP contribution in [-0.2, 0) is 6.54 Å². The van der Waals surface area contributed by atoms with Crippen molar-refractivity contribution in [3.63, 3.8) is 0 Å². The normalized spacial score (nSPS) is 10.5. The summed E-state index contributed by atoms with van der Waals surface area (Å²) in [4.78, 5) is 0. The quantitative estimate of drug-likeness (QED) is 0.858. The van der Waals surface area contributed by atoms with Crippen molar-refractivity contribution >= 4 is 0 Å². The molecule has 1 N–H and O–H groups in total. The molecule has 2 rings (SSSR count). The lowest BCUT2D eigenvalue weighted by molar-refractivity contribution is 0.414. The molecule has 0 unspecified atom stereocenters. The Morgan fingerprint density at radius 2 is 2.18 bits per heavy atom. The van der Waals surface area contributed by atoms with Gasteiger partial charge >= 0.3 is 0 Å². The first-order valence-electron chi connectivity index (χ1n) is 5.75. The van der Waals surface area contributed by atoms with Crippen LogP contribution in [0.15, 0.2) is 41.2 Å². The fraction of sp³-hybridized carbons (Fsp3) is 0.286. The monoisotopic (exact) mass is 231 g/mol. The van der Waals surface area contributed by atoms with E-state index in [4.69, 9.17) is 9.15 Å². The molecule has 1 heterocycles. The summed E-state index contributed by atoms with van der Waals surface area (Å²) in [6.45, 7) is 3.87. The predicted molar refractivity (Wildman–Crippen MR) is 68.1 cm³/mol. The molecule has 0 atom stereocenters. The molecule has 0 amide bonds. The van der Waals surface area contributed by atoms with E-state index in [0.29, 0.717) is 0 Å². The van der Waals surface area contributed by atoms with E-state index in [-0.39, 0.29) is 0 Å². The van der Waals surface area contributed by atoms with E-state index < -0.39 is 0 Å². The van der Waals surface area contributed by atoms with Crippen molar-refractivity contribution in [2.45, 2.75) is 13.5 Å². The SMILES string of the molecule is CCNCc1cc(OC)ccc1-c1ccoc1. The standard InChI is InChI=1S/C14H17NO2/c1-3-15-9-12-8-13(16-2)4-5-14(12)11-6-7-17-10-11/h4-8,10,15H,3,9H2,1-2H3. The Hall–Kier alpha value is -1.74. The summed E-state index contributed by atoms with van der Waals surface area (Å²) in [5, 5.41) is 3.33. The smallest absolute Gasteiger partial charge is 0.119 e. The third kappa shape index (κ3) is 2.68. The lowest BCUT2D eigenvalue weighted by Crippen LogP contribution is -2.12. The summed E-state index contributed by atoms with van der Waals surface area (Å²) < 4.78 is 10.4. The summed E-state index contributed by atoms with van der Waals surface area (Å²) >= 11 is 0. The number of nitrogens with one attached hydrogen (secondary N) is 1. The average Bonchev–Trinajstić information content (AvgIpc) is 2.89. The second-order valence-corrected chi connectivity index (χ2v) is 3.82. The van der Waals surface area contributed by atoms with Crippen LogP contribution in [0.25, 0.3) is 11.1 Å². The molecule has 0 bridgehead atoms. The number of rotatable bonds is 5. The molecule has 0 aliphatic heterocycles. The van der Waals surface area contributed by atoms with Crippen molar-refractivity contribution in [2.75, 3.05) is 13.7 Å². The lowest BCUT2D eigenvalue weighted by Gasteiger charge is -2.10. The molecule has 0 spiro atoms. The highest BCUT2D eigenvalue weighted by atomic mass is 16.5. The van der Waals surface area contributed by atoms with E-state index >= 15 is 0 Å². The number of hydrogen-bond donors (Lipinski definition) is 1. The zero-order chi connectivity index (χ0) is 12.1. The third-order valence-corrected chi connectivity index (χ3v) is 2.71. The molecule has 0 aliphatic carbocycles. The lowest BCUT2D eigenvalue weighted by atomic mass is 10.0. The Labute approximate surface area is 101 Å². The highest BCUT2D eigenvalue weighted by Crippen LogP contribution is 2.27. The van der Waals surface area contributed by atoms with Crippen LogP contribution in [0.1, 0.15) is 12.5 Å². The van der Waals surface area contributed by atoms with Gasteiger partial charge in [0.15, 0.2) is 0 Å². The van der Waals surface area contributed by atoms with E-state index in [9.17, 15) is 0 Å². The van der Waals surface area contributed by atoms with E-state index in [1.54, 1.807) is 19.6 Å². The minimum Gasteiger partial charge on any atom is -0.497 e. The molecule has 0 radical (unpaired) electrons. The Bertz CT molecular complexity index is 463. The first-order chi connectivity index (χ1) is 8.35. The van der Waals surface area contributed by atoms with Gasteiger partial charge in [-0.25, -0.2) is 0 Å². The van der Waals surface area contributed by atoms with E-state index in [2.05, 4.69) is 24.4 Å². The minimum absolute atomic E-state index is 0.828. The maximum atomic E-state index is 5.26. The Kier molecular flexibility index (Phi) is 3.83. The summed E-state index contributed by atoms with van der Waals surface area (Å²) in [6.07, 6.45) is 3.45. The first-order valence-corrected chi connectivity index (χ1v) is 5.75. The number of methoxy groups -OCH3 is 1. The minimum atomic E-state index is 0.828. The topological polar surface area (TPSA) is 34.4 Å². The molecule has 0 saturated carbocycles. The zero-order valence-corrected chi connectivity index (χ0v) is 10.2. The molecule has 3 heteroatoms. The molecule has 90 valence electrons. The fourth-order valence-corrected chi connectivity index (χ4v) is 1.80. The van der Waals surface area contributed by atoms with Crippen LogP contribution in [0, 0.1) is 0 Å². The average molecular weight is 231 g/mol. The molecule has 3 nitrogen and oxygen atoms in total. The molecule has 2 aromatic rings.